The van der Waals surface area contributed by atoms with Crippen molar-refractivity contribution in [1.82, 2.24) is 9.88 Å². The van der Waals surface area contributed by atoms with Gasteiger partial charge in [-0.15, -0.1) is 0 Å². The third-order valence-corrected chi connectivity index (χ3v) is 3.92. The summed E-state index contributed by atoms with van der Waals surface area (Å²) in [6, 6.07) is 10.4. The first kappa shape index (κ1) is 16.6. The molecular formula is C18H17N3O4. The van der Waals surface area contributed by atoms with Crippen LogP contribution in [0.15, 0.2) is 36.5 Å². The molecule has 1 aliphatic rings. The van der Waals surface area contributed by atoms with Crippen LogP contribution in [0.2, 0.25) is 0 Å². The Morgan fingerprint density at radius 3 is 2.76 bits per heavy atom. The van der Waals surface area contributed by atoms with Gasteiger partial charge in [0.25, 0.3) is 5.91 Å². The SMILES string of the molecule is COc1cccc(C(=O)N2CC(Oc3cc(C#N)ccn3)C2)c1OC. The molecule has 1 saturated heterocycles. The fourth-order valence-electron chi connectivity index (χ4n) is 2.62. The van der Waals surface area contributed by atoms with E-state index in [0.717, 1.165) is 0 Å². The molecule has 0 unspecified atom stereocenters. The monoisotopic (exact) mass is 339 g/mol. The van der Waals surface area contributed by atoms with Crippen molar-refractivity contribution >= 4 is 5.91 Å². The number of hydrogen-bond acceptors (Lipinski definition) is 6. The summed E-state index contributed by atoms with van der Waals surface area (Å²) in [5.74, 6) is 1.17. The zero-order valence-electron chi connectivity index (χ0n) is 13.9. The number of carbonyl (C=O) groups excluding carboxylic acids is 1. The van der Waals surface area contributed by atoms with Crippen LogP contribution >= 0.6 is 0 Å². The van der Waals surface area contributed by atoms with Gasteiger partial charge in [0.05, 0.1) is 44.5 Å². The van der Waals surface area contributed by atoms with Gasteiger partial charge in [-0.3, -0.25) is 4.79 Å². The van der Waals surface area contributed by atoms with E-state index in [9.17, 15) is 4.79 Å². The number of rotatable bonds is 5. The molecule has 128 valence electrons. The lowest BCUT2D eigenvalue weighted by Crippen LogP contribution is -2.56. The van der Waals surface area contributed by atoms with Gasteiger partial charge in [0, 0.05) is 12.3 Å². The lowest BCUT2D eigenvalue weighted by atomic mass is 10.1. The Labute approximate surface area is 145 Å². The molecule has 3 rings (SSSR count). The van der Waals surface area contributed by atoms with E-state index in [2.05, 4.69) is 4.98 Å². The van der Waals surface area contributed by atoms with Crippen LogP contribution < -0.4 is 14.2 Å². The standard InChI is InChI=1S/C18H17N3O4/c1-23-15-5-3-4-14(17(15)24-2)18(22)21-10-13(11-21)25-16-8-12(9-19)6-7-20-16/h3-8,13H,10-11H2,1-2H3. The van der Waals surface area contributed by atoms with Crippen LogP contribution in [-0.2, 0) is 0 Å². The number of methoxy groups -OCH3 is 2. The Hall–Kier alpha value is -3.27. The minimum absolute atomic E-state index is 0.144. The van der Waals surface area contributed by atoms with Gasteiger partial charge in [0.1, 0.15) is 6.10 Å². The van der Waals surface area contributed by atoms with Crippen LogP contribution in [0.5, 0.6) is 17.4 Å². The van der Waals surface area contributed by atoms with Crippen LogP contribution in [0.4, 0.5) is 0 Å². The Balaban J connectivity index is 1.65. The minimum Gasteiger partial charge on any atom is -0.493 e. The van der Waals surface area contributed by atoms with Crippen molar-refractivity contribution in [3.8, 4) is 23.4 Å². The Bertz CT molecular complexity index is 825. The molecule has 1 aliphatic heterocycles. The molecule has 25 heavy (non-hydrogen) atoms. The second-order valence-electron chi connectivity index (χ2n) is 5.49. The summed E-state index contributed by atoms with van der Waals surface area (Å²) in [6.45, 7) is 0.884. The molecule has 2 heterocycles. The highest BCUT2D eigenvalue weighted by Crippen LogP contribution is 2.32. The van der Waals surface area contributed by atoms with Crippen molar-refractivity contribution in [3.63, 3.8) is 0 Å². The topological polar surface area (TPSA) is 84.7 Å². The fraction of sp³-hybridized carbons (Fsp3) is 0.278. The number of hydrogen-bond donors (Lipinski definition) is 0. The van der Waals surface area contributed by atoms with Crippen LogP contribution in [0.3, 0.4) is 0 Å². The number of para-hydroxylation sites is 1. The number of aromatic nitrogens is 1. The van der Waals surface area contributed by atoms with E-state index in [1.54, 1.807) is 35.2 Å². The smallest absolute Gasteiger partial charge is 0.258 e. The molecule has 1 fully saturated rings. The van der Waals surface area contributed by atoms with Crippen molar-refractivity contribution in [2.24, 2.45) is 0 Å². The Kier molecular flexibility index (Phi) is 4.70. The largest absolute Gasteiger partial charge is 0.493 e. The van der Waals surface area contributed by atoms with E-state index in [4.69, 9.17) is 19.5 Å². The molecule has 1 amide bonds. The zero-order valence-corrected chi connectivity index (χ0v) is 13.9. The third kappa shape index (κ3) is 3.33. The summed E-state index contributed by atoms with van der Waals surface area (Å²) in [4.78, 5) is 18.4. The number of carbonyl (C=O) groups is 1. The molecule has 7 heteroatoms. The molecule has 0 atom stereocenters. The predicted molar refractivity (Wildman–Crippen MR) is 88.8 cm³/mol. The highest BCUT2D eigenvalue weighted by molar-refractivity contribution is 5.98. The maximum absolute atomic E-state index is 12.6. The first-order chi connectivity index (χ1) is 12.2. The predicted octanol–water partition coefficient (Wildman–Crippen LogP) is 1.87. The molecule has 2 aromatic rings. The highest BCUT2D eigenvalue weighted by Gasteiger charge is 2.34. The third-order valence-electron chi connectivity index (χ3n) is 3.92. The van der Waals surface area contributed by atoms with Crippen molar-refractivity contribution in [1.29, 1.82) is 5.26 Å². The second kappa shape index (κ2) is 7.09. The number of nitrogens with zero attached hydrogens (tertiary/aromatic N) is 3. The molecule has 1 aromatic heterocycles. The molecule has 0 radical (unpaired) electrons. The van der Waals surface area contributed by atoms with E-state index in [1.165, 1.54) is 20.4 Å². The molecular weight excluding hydrogens is 322 g/mol. The van der Waals surface area contributed by atoms with Crippen LogP contribution in [-0.4, -0.2) is 49.2 Å². The maximum atomic E-state index is 12.6. The van der Waals surface area contributed by atoms with Crippen LogP contribution in [0, 0.1) is 11.3 Å². The van der Waals surface area contributed by atoms with Crippen molar-refractivity contribution in [2.45, 2.75) is 6.10 Å². The second-order valence-corrected chi connectivity index (χ2v) is 5.49. The lowest BCUT2D eigenvalue weighted by molar-refractivity contribution is 0.0157. The highest BCUT2D eigenvalue weighted by atomic mass is 16.5. The molecule has 0 bridgehead atoms. The quantitative estimate of drug-likeness (QED) is 0.827. The molecule has 7 nitrogen and oxygen atoms in total. The van der Waals surface area contributed by atoms with E-state index >= 15 is 0 Å². The van der Waals surface area contributed by atoms with Gasteiger partial charge in [-0.2, -0.15) is 5.26 Å². The van der Waals surface area contributed by atoms with E-state index in [1.807, 2.05) is 6.07 Å². The normalized spacial score (nSPS) is 13.6. The van der Waals surface area contributed by atoms with Crippen LogP contribution in [0.1, 0.15) is 15.9 Å². The van der Waals surface area contributed by atoms with Gasteiger partial charge in [0.15, 0.2) is 11.5 Å². The number of nitriles is 1. The number of pyridine rings is 1. The molecule has 1 aromatic carbocycles. The first-order valence-electron chi connectivity index (χ1n) is 7.69. The minimum atomic E-state index is -0.151. The van der Waals surface area contributed by atoms with Gasteiger partial charge in [0.2, 0.25) is 5.88 Å². The van der Waals surface area contributed by atoms with E-state index in [0.29, 0.717) is 41.6 Å². The van der Waals surface area contributed by atoms with Crippen molar-refractivity contribution in [2.75, 3.05) is 27.3 Å². The molecule has 0 saturated carbocycles. The Morgan fingerprint density at radius 1 is 1.28 bits per heavy atom. The van der Waals surface area contributed by atoms with Gasteiger partial charge < -0.3 is 19.1 Å². The summed E-state index contributed by atoms with van der Waals surface area (Å²) in [5.41, 5.74) is 0.934. The number of benzene rings is 1. The van der Waals surface area contributed by atoms with Gasteiger partial charge >= 0.3 is 0 Å². The average Bonchev–Trinajstić information content (AvgIpc) is 2.63. The lowest BCUT2D eigenvalue weighted by Gasteiger charge is -2.38. The van der Waals surface area contributed by atoms with Gasteiger partial charge in [-0.05, 0) is 18.2 Å². The summed E-state index contributed by atoms with van der Waals surface area (Å²) in [7, 11) is 3.03. The molecule has 0 aliphatic carbocycles. The average molecular weight is 339 g/mol. The van der Waals surface area contributed by atoms with Crippen molar-refractivity contribution < 1.29 is 19.0 Å². The van der Waals surface area contributed by atoms with E-state index < -0.39 is 0 Å². The zero-order chi connectivity index (χ0) is 17.8. The maximum Gasteiger partial charge on any atom is 0.258 e. The number of amides is 1. The number of likely N-dealkylation sites (tertiary alicyclic amines) is 1. The van der Waals surface area contributed by atoms with E-state index in [-0.39, 0.29) is 12.0 Å². The summed E-state index contributed by atoms with van der Waals surface area (Å²) in [5, 5.41) is 8.89. The summed E-state index contributed by atoms with van der Waals surface area (Å²) in [6.07, 6.45) is 1.37. The van der Waals surface area contributed by atoms with Crippen molar-refractivity contribution in [3.05, 3.63) is 47.7 Å². The molecule has 0 spiro atoms. The number of ether oxygens (including phenoxy) is 3. The summed E-state index contributed by atoms with van der Waals surface area (Å²) >= 11 is 0. The van der Waals surface area contributed by atoms with Crippen LogP contribution in [0.25, 0.3) is 0 Å². The molecule has 0 N–H and O–H groups in total. The fourth-order valence-corrected chi connectivity index (χ4v) is 2.62. The first-order valence-corrected chi connectivity index (χ1v) is 7.69. The van der Waals surface area contributed by atoms with Gasteiger partial charge in [-0.25, -0.2) is 4.98 Å². The van der Waals surface area contributed by atoms with Gasteiger partial charge in [-0.1, -0.05) is 6.07 Å². The summed E-state index contributed by atoms with van der Waals surface area (Å²) < 4.78 is 16.2. The Morgan fingerprint density at radius 2 is 2.08 bits per heavy atom.